The number of benzene rings is 1. The van der Waals surface area contributed by atoms with Gasteiger partial charge in [-0.1, -0.05) is 23.5 Å². The Kier molecular flexibility index (Phi) is 4.77. The molecule has 8 nitrogen and oxygen atoms in total. The summed E-state index contributed by atoms with van der Waals surface area (Å²) < 4.78 is 0. The van der Waals surface area contributed by atoms with Crippen LogP contribution in [0, 0.1) is 10.1 Å². The summed E-state index contributed by atoms with van der Waals surface area (Å²) in [6, 6.07) is 6.13. The molecule has 0 amide bonds. The number of nitro benzene ring substituents is 1. The smallest absolute Gasteiger partial charge is 0.305 e. The van der Waals surface area contributed by atoms with Gasteiger partial charge in [-0.25, -0.2) is 0 Å². The molecule has 0 aliphatic carbocycles. The van der Waals surface area contributed by atoms with Gasteiger partial charge >= 0.3 is 5.97 Å². The number of rotatable bonds is 7. The number of carboxylic acid groups (broad SMARTS) is 1. The largest absolute Gasteiger partial charge is 0.481 e. The number of anilines is 1. The zero-order valence-corrected chi connectivity index (χ0v) is 11.7. The van der Waals surface area contributed by atoms with Crippen molar-refractivity contribution >= 4 is 28.1 Å². The summed E-state index contributed by atoms with van der Waals surface area (Å²) in [5.41, 5.74) is 2.42. The van der Waals surface area contributed by atoms with Crippen molar-refractivity contribution in [2.24, 2.45) is 0 Å². The molecule has 0 bridgehead atoms. The first-order valence-corrected chi connectivity index (χ1v) is 6.90. The summed E-state index contributed by atoms with van der Waals surface area (Å²) in [6.45, 7) is 0.710. The predicted molar refractivity (Wildman–Crippen MR) is 76.3 cm³/mol. The number of carboxylic acids is 1. The number of non-ortho nitro benzene ring substituents is 1. The van der Waals surface area contributed by atoms with Gasteiger partial charge in [0.05, 0.1) is 11.3 Å². The molecule has 0 spiro atoms. The average molecular weight is 308 g/mol. The highest BCUT2D eigenvalue weighted by atomic mass is 32.1. The standard InChI is InChI=1S/C12H12N4O4S/c17-11(18)5-6-15(12-14-13-8-21-12)7-9-1-3-10(4-2-9)16(19)20/h1-4,8H,5-7H2,(H,17,18). The van der Waals surface area contributed by atoms with Gasteiger partial charge in [0, 0.05) is 25.2 Å². The second kappa shape index (κ2) is 6.75. The lowest BCUT2D eigenvalue weighted by Crippen LogP contribution is -2.25. The number of hydrogen-bond acceptors (Lipinski definition) is 7. The molecule has 1 aromatic carbocycles. The van der Waals surface area contributed by atoms with Gasteiger partial charge in [-0.15, -0.1) is 10.2 Å². The first-order chi connectivity index (χ1) is 10.1. The highest BCUT2D eigenvalue weighted by Gasteiger charge is 2.13. The van der Waals surface area contributed by atoms with E-state index in [0.29, 0.717) is 18.2 Å². The minimum Gasteiger partial charge on any atom is -0.481 e. The summed E-state index contributed by atoms with van der Waals surface area (Å²) in [6.07, 6.45) is -0.0213. The molecule has 2 aromatic rings. The van der Waals surface area contributed by atoms with Crippen LogP contribution in [0.5, 0.6) is 0 Å². The molecule has 0 unspecified atom stereocenters. The number of nitrogens with zero attached hydrogens (tertiary/aromatic N) is 4. The second-order valence-corrected chi connectivity index (χ2v) is 5.02. The van der Waals surface area contributed by atoms with Crippen LogP contribution in [0.3, 0.4) is 0 Å². The molecule has 0 aliphatic heterocycles. The van der Waals surface area contributed by atoms with Crippen molar-refractivity contribution in [2.45, 2.75) is 13.0 Å². The van der Waals surface area contributed by atoms with E-state index in [1.807, 2.05) is 0 Å². The SMILES string of the molecule is O=C(O)CCN(Cc1ccc([N+](=O)[O-])cc1)c1nncs1. The van der Waals surface area contributed by atoms with E-state index in [-0.39, 0.29) is 12.1 Å². The Morgan fingerprint density at radius 2 is 2.10 bits per heavy atom. The Morgan fingerprint density at radius 3 is 2.62 bits per heavy atom. The Hall–Kier alpha value is -2.55. The minimum atomic E-state index is -0.895. The molecule has 0 saturated carbocycles. The fourth-order valence-corrected chi connectivity index (χ4v) is 2.31. The van der Waals surface area contributed by atoms with Crippen molar-refractivity contribution in [3.05, 3.63) is 45.5 Å². The summed E-state index contributed by atoms with van der Waals surface area (Å²) in [5, 5.41) is 27.7. The second-order valence-electron chi connectivity index (χ2n) is 4.21. The summed E-state index contributed by atoms with van der Waals surface area (Å²) >= 11 is 1.31. The third-order valence-electron chi connectivity index (χ3n) is 2.74. The minimum absolute atomic E-state index is 0.0201. The van der Waals surface area contributed by atoms with Gasteiger partial charge in [0.2, 0.25) is 5.13 Å². The van der Waals surface area contributed by atoms with Crippen LogP contribution in [0.1, 0.15) is 12.0 Å². The number of aromatic nitrogens is 2. The Morgan fingerprint density at radius 1 is 1.38 bits per heavy atom. The van der Waals surface area contributed by atoms with E-state index >= 15 is 0 Å². The molecule has 0 aliphatic rings. The molecule has 1 N–H and O–H groups in total. The topological polar surface area (TPSA) is 109 Å². The van der Waals surface area contributed by atoms with Gasteiger partial charge in [-0.3, -0.25) is 14.9 Å². The van der Waals surface area contributed by atoms with E-state index in [0.717, 1.165) is 5.56 Å². The zero-order valence-electron chi connectivity index (χ0n) is 10.9. The monoisotopic (exact) mass is 308 g/mol. The number of aliphatic carboxylic acids is 1. The predicted octanol–water partition coefficient (Wildman–Crippen LogP) is 1.93. The van der Waals surface area contributed by atoms with Crippen molar-refractivity contribution in [3.63, 3.8) is 0 Å². The van der Waals surface area contributed by atoms with Crippen LogP contribution in [0.25, 0.3) is 0 Å². The van der Waals surface area contributed by atoms with E-state index in [2.05, 4.69) is 10.2 Å². The van der Waals surface area contributed by atoms with Crippen LogP contribution in [0.4, 0.5) is 10.8 Å². The number of nitro groups is 1. The summed E-state index contributed by atoms with van der Waals surface area (Å²) in [7, 11) is 0. The van der Waals surface area contributed by atoms with Crippen molar-refractivity contribution in [1.82, 2.24) is 10.2 Å². The molecular weight excluding hydrogens is 296 g/mol. The van der Waals surface area contributed by atoms with E-state index in [1.54, 1.807) is 22.5 Å². The van der Waals surface area contributed by atoms with E-state index in [9.17, 15) is 14.9 Å². The Balaban J connectivity index is 2.10. The maximum atomic E-state index is 10.7. The highest BCUT2D eigenvalue weighted by molar-refractivity contribution is 7.13. The Labute approximate surface area is 123 Å². The van der Waals surface area contributed by atoms with Crippen molar-refractivity contribution in [1.29, 1.82) is 0 Å². The van der Waals surface area contributed by atoms with Crippen LogP contribution in [-0.4, -0.2) is 32.7 Å². The maximum absolute atomic E-state index is 10.7. The van der Waals surface area contributed by atoms with Gasteiger partial charge in [0.15, 0.2) is 0 Å². The number of carbonyl (C=O) groups is 1. The van der Waals surface area contributed by atoms with Crippen molar-refractivity contribution in [2.75, 3.05) is 11.4 Å². The fourth-order valence-electron chi connectivity index (χ4n) is 1.72. The third kappa shape index (κ3) is 4.21. The van der Waals surface area contributed by atoms with Gasteiger partial charge in [0.25, 0.3) is 5.69 Å². The van der Waals surface area contributed by atoms with Gasteiger partial charge in [0.1, 0.15) is 5.51 Å². The number of hydrogen-bond donors (Lipinski definition) is 1. The summed E-state index contributed by atoms with van der Waals surface area (Å²) in [5.74, 6) is -0.895. The first-order valence-electron chi connectivity index (χ1n) is 6.02. The van der Waals surface area contributed by atoms with Crippen LogP contribution in [-0.2, 0) is 11.3 Å². The third-order valence-corrected chi connectivity index (χ3v) is 3.49. The molecule has 110 valence electrons. The normalized spacial score (nSPS) is 10.3. The van der Waals surface area contributed by atoms with E-state index in [1.165, 1.54) is 23.5 Å². The lowest BCUT2D eigenvalue weighted by molar-refractivity contribution is -0.384. The lowest BCUT2D eigenvalue weighted by atomic mass is 10.2. The molecule has 1 aromatic heterocycles. The van der Waals surface area contributed by atoms with Crippen molar-refractivity contribution in [3.8, 4) is 0 Å². The Bertz CT molecular complexity index is 615. The van der Waals surface area contributed by atoms with Gasteiger partial charge in [-0.05, 0) is 5.56 Å². The highest BCUT2D eigenvalue weighted by Crippen LogP contribution is 2.20. The maximum Gasteiger partial charge on any atom is 0.305 e. The lowest BCUT2D eigenvalue weighted by Gasteiger charge is -2.20. The quantitative estimate of drug-likeness (QED) is 0.614. The molecule has 21 heavy (non-hydrogen) atoms. The van der Waals surface area contributed by atoms with Crippen LogP contribution in [0.15, 0.2) is 29.8 Å². The first kappa shape index (κ1) is 14.9. The van der Waals surface area contributed by atoms with E-state index in [4.69, 9.17) is 5.11 Å². The zero-order chi connectivity index (χ0) is 15.2. The van der Waals surface area contributed by atoms with Gasteiger partial charge < -0.3 is 10.0 Å². The molecule has 0 saturated heterocycles. The molecular formula is C12H12N4O4S. The molecule has 9 heteroatoms. The molecule has 1 heterocycles. The van der Waals surface area contributed by atoms with Crippen LogP contribution < -0.4 is 4.90 Å². The average Bonchev–Trinajstić information content (AvgIpc) is 2.97. The van der Waals surface area contributed by atoms with Crippen molar-refractivity contribution < 1.29 is 14.8 Å². The summed E-state index contributed by atoms with van der Waals surface area (Å²) in [4.78, 5) is 22.6. The van der Waals surface area contributed by atoms with Gasteiger partial charge in [-0.2, -0.15) is 0 Å². The molecule has 0 radical (unpaired) electrons. The fraction of sp³-hybridized carbons (Fsp3) is 0.250. The van der Waals surface area contributed by atoms with Crippen LogP contribution >= 0.6 is 11.3 Å². The van der Waals surface area contributed by atoms with E-state index < -0.39 is 10.9 Å². The molecule has 2 rings (SSSR count). The van der Waals surface area contributed by atoms with Crippen LogP contribution in [0.2, 0.25) is 0 Å². The molecule has 0 atom stereocenters. The molecule has 0 fully saturated rings.